The van der Waals surface area contributed by atoms with Crippen molar-refractivity contribution >= 4 is 40.3 Å². The SMILES string of the molecule is COc1ccc(/C=C/C=C2\SC(=S)N(C)C2=O)cc1. The van der Waals surface area contributed by atoms with E-state index < -0.39 is 0 Å². The number of carbonyl (C=O) groups is 1. The molecule has 1 saturated heterocycles. The molecule has 0 radical (unpaired) electrons. The zero-order valence-corrected chi connectivity index (χ0v) is 12.3. The maximum absolute atomic E-state index is 11.7. The lowest BCUT2D eigenvalue weighted by atomic mass is 10.2. The van der Waals surface area contributed by atoms with Crippen molar-refractivity contribution in [2.24, 2.45) is 0 Å². The topological polar surface area (TPSA) is 29.5 Å². The Morgan fingerprint density at radius 2 is 2.00 bits per heavy atom. The molecule has 3 nitrogen and oxygen atoms in total. The van der Waals surface area contributed by atoms with Crippen LogP contribution in [0.3, 0.4) is 0 Å². The summed E-state index contributed by atoms with van der Waals surface area (Å²) in [5, 5.41) is 0. The molecule has 5 heteroatoms. The number of carbonyl (C=O) groups excluding carboxylic acids is 1. The van der Waals surface area contributed by atoms with Crippen LogP contribution in [0.2, 0.25) is 0 Å². The molecule has 0 bridgehead atoms. The molecule has 2 rings (SSSR count). The maximum Gasteiger partial charge on any atom is 0.265 e. The number of hydrogen-bond acceptors (Lipinski definition) is 4. The third-order valence-electron chi connectivity index (χ3n) is 2.64. The normalized spacial score (nSPS) is 17.8. The van der Waals surface area contributed by atoms with Gasteiger partial charge in [-0.25, -0.2) is 0 Å². The highest BCUT2D eigenvalue weighted by Crippen LogP contribution is 2.29. The Hall–Kier alpha value is -1.59. The van der Waals surface area contributed by atoms with Crippen LogP contribution in [0.5, 0.6) is 5.75 Å². The van der Waals surface area contributed by atoms with Crippen LogP contribution >= 0.6 is 24.0 Å². The fourth-order valence-corrected chi connectivity index (χ4v) is 2.65. The van der Waals surface area contributed by atoms with Gasteiger partial charge in [-0.3, -0.25) is 9.69 Å². The summed E-state index contributed by atoms with van der Waals surface area (Å²) in [4.78, 5) is 13.9. The Morgan fingerprint density at radius 1 is 1.32 bits per heavy atom. The molecule has 1 amide bonds. The first kappa shape index (κ1) is 13.8. The van der Waals surface area contributed by atoms with Gasteiger partial charge in [-0.1, -0.05) is 48.3 Å². The monoisotopic (exact) mass is 291 g/mol. The highest BCUT2D eigenvalue weighted by atomic mass is 32.2. The minimum atomic E-state index is -0.0469. The first-order chi connectivity index (χ1) is 9.11. The van der Waals surface area contributed by atoms with Crippen LogP contribution in [0.15, 0.2) is 41.3 Å². The molecule has 0 unspecified atom stereocenters. The molecule has 1 aliphatic heterocycles. The zero-order valence-electron chi connectivity index (χ0n) is 10.6. The first-order valence-electron chi connectivity index (χ1n) is 5.64. The highest BCUT2D eigenvalue weighted by Gasteiger charge is 2.27. The van der Waals surface area contributed by atoms with Crippen LogP contribution in [0, 0.1) is 0 Å². The number of likely N-dealkylation sites (N-methyl/N-ethyl adjacent to an activating group) is 1. The van der Waals surface area contributed by atoms with E-state index in [2.05, 4.69) is 0 Å². The number of thioether (sulfide) groups is 1. The number of thiocarbonyl (C=S) groups is 1. The summed E-state index contributed by atoms with van der Waals surface area (Å²) < 4.78 is 5.68. The standard InChI is InChI=1S/C14H13NO2S2/c1-15-13(16)12(19-14(15)18)5-3-4-10-6-8-11(17-2)9-7-10/h3-9H,1-2H3/b4-3+,12-5-. The third-order valence-corrected chi connectivity index (χ3v) is 4.14. The summed E-state index contributed by atoms with van der Waals surface area (Å²) >= 11 is 6.38. The smallest absolute Gasteiger partial charge is 0.265 e. The minimum absolute atomic E-state index is 0.0469. The molecule has 0 aromatic heterocycles. The summed E-state index contributed by atoms with van der Waals surface area (Å²) in [5.41, 5.74) is 1.05. The average Bonchev–Trinajstić information content (AvgIpc) is 2.67. The van der Waals surface area contributed by atoms with Crippen molar-refractivity contribution in [1.29, 1.82) is 0 Å². The molecule has 1 aliphatic rings. The van der Waals surface area contributed by atoms with Gasteiger partial charge in [0.2, 0.25) is 0 Å². The van der Waals surface area contributed by atoms with Crippen molar-refractivity contribution < 1.29 is 9.53 Å². The van der Waals surface area contributed by atoms with Crippen LogP contribution < -0.4 is 4.74 Å². The average molecular weight is 291 g/mol. The van der Waals surface area contributed by atoms with Gasteiger partial charge in [0.1, 0.15) is 10.1 Å². The van der Waals surface area contributed by atoms with E-state index in [1.165, 1.54) is 16.7 Å². The molecule has 0 atom stereocenters. The van der Waals surface area contributed by atoms with Crippen LogP contribution in [0.1, 0.15) is 5.56 Å². The van der Waals surface area contributed by atoms with Crippen LogP contribution in [0.4, 0.5) is 0 Å². The molecule has 1 fully saturated rings. The van der Waals surface area contributed by atoms with Gasteiger partial charge >= 0.3 is 0 Å². The number of methoxy groups -OCH3 is 1. The summed E-state index contributed by atoms with van der Waals surface area (Å²) in [5.74, 6) is 0.776. The van der Waals surface area contributed by atoms with E-state index in [0.29, 0.717) is 9.23 Å². The second-order valence-corrected chi connectivity index (χ2v) is 5.57. The number of amides is 1. The van der Waals surface area contributed by atoms with E-state index in [4.69, 9.17) is 17.0 Å². The van der Waals surface area contributed by atoms with Gasteiger partial charge in [0.25, 0.3) is 5.91 Å². The lowest BCUT2D eigenvalue weighted by Crippen LogP contribution is -2.22. The summed E-state index contributed by atoms with van der Waals surface area (Å²) in [6.07, 6.45) is 5.57. The number of rotatable bonds is 3. The molecule has 19 heavy (non-hydrogen) atoms. The largest absolute Gasteiger partial charge is 0.497 e. The fourth-order valence-electron chi connectivity index (χ4n) is 1.52. The Balaban J connectivity index is 2.07. The fraction of sp³-hybridized carbons (Fsp3) is 0.143. The number of benzene rings is 1. The Morgan fingerprint density at radius 3 is 2.53 bits per heavy atom. The van der Waals surface area contributed by atoms with Gasteiger partial charge in [0.15, 0.2) is 0 Å². The second-order valence-electron chi connectivity index (χ2n) is 3.90. The van der Waals surface area contributed by atoms with Gasteiger partial charge in [0.05, 0.1) is 12.0 Å². The van der Waals surface area contributed by atoms with E-state index in [1.54, 1.807) is 20.2 Å². The lowest BCUT2D eigenvalue weighted by molar-refractivity contribution is -0.121. The van der Waals surface area contributed by atoms with Gasteiger partial charge in [0, 0.05) is 7.05 Å². The van der Waals surface area contributed by atoms with Gasteiger partial charge < -0.3 is 4.74 Å². The van der Waals surface area contributed by atoms with E-state index in [9.17, 15) is 4.79 Å². The number of ether oxygens (including phenoxy) is 1. The van der Waals surface area contributed by atoms with E-state index in [1.807, 2.05) is 36.4 Å². The summed E-state index contributed by atoms with van der Waals surface area (Å²) in [6, 6.07) is 7.69. The van der Waals surface area contributed by atoms with Crippen LogP contribution in [0.25, 0.3) is 6.08 Å². The van der Waals surface area contributed by atoms with Crippen molar-refractivity contribution in [3.05, 3.63) is 46.9 Å². The second kappa shape index (κ2) is 6.04. The van der Waals surface area contributed by atoms with Gasteiger partial charge in [-0.05, 0) is 23.8 Å². The van der Waals surface area contributed by atoms with E-state index in [-0.39, 0.29) is 5.91 Å². The molecule has 0 aliphatic carbocycles. The minimum Gasteiger partial charge on any atom is -0.497 e. The van der Waals surface area contributed by atoms with Crippen molar-refractivity contribution in [2.75, 3.05) is 14.2 Å². The summed E-state index contributed by atoms with van der Waals surface area (Å²) in [7, 11) is 3.32. The summed E-state index contributed by atoms with van der Waals surface area (Å²) in [6.45, 7) is 0. The van der Waals surface area contributed by atoms with Crippen molar-refractivity contribution in [3.63, 3.8) is 0 Å². The van der Waals surface area contributed by atoms with Crippen molar-refractivity contribution in [1.82, 2.24) is 4.90 Å². The predicted octanol–water partition coefficient (Wildman–Crippen LogP) is 3.08. The lowest BCUT2D eigenvalue weighted by Gasteiger charge is -2.03. The number of nitrogens with zero attached hydrogens (tertiary/aromatic N) is 1. The Labute approximate surface area is 121 Å². The molecular formula is C14H13NO2S2. The quantitative estimate of drug-likeness (QED) is 0.632. The molecule has 0 saturated carbocycles. The maximum atomic E-state index is 11.7. The van der Waals surface area contributed by atoms with Crippen molar-refractivity contribution in [3.8, 4) is 5.75 Å². The zero-order chi connectivity index (χ0) is 13.8. The van der Waals surface area contributed by atoms with Gasteiger partial charge in [-0.2, -0.15) is 0 Å². The molecule has 0 N–H and O–H groups in total. The molecule has 0 spiro atoms. The Bertz CT molecular complexity index is 561. The number of allylic oxidation sites excluding steroid dienone is 2. The molecule has 1 aromatic rings. The molecular weight excluding hydrogens is 278 g/mol. The van der Waals surface area contributed by atoms with Crippen LogP contribution in [-0.4, -0.2) is 29.3 Å². The van der Waals surface area contributed by atoms with E-state index >= 15 is 0 Å². The third kappa shape index (κ3) is 3.24. The highest BCUT2D eigenvalue weighted by molar-refractivity contribution is 8.26. The van der Waals surface area contributed by atoms with Gasteiger partial charge in [-0.15, -0.1) is 0 Å². The molecule has 1 aromatic carbocycles. The first-order valence-corrected chi connectivity index (χ1v) is 6.86. The Kier molecular flexibility index (Phi) is 4.39. The van der Waals surface area contributed by atoms with Crippen molar-refractivity contribution in [2.45, 2.75) is 0 Å². The molecule has 98 valence electrons. The molecule has 1 heterocycles. The predicted molar refractivity (Wildman–Crippen MR) is 83.1 cm³/mol. The van der Waals surface area contributed by atoms with Crippen LogP contribution in [-0.2, 0) is 4.79 Å². The van der Waals surface area contributed by atoms with E-state index in [0.717, 1.165) is 11.3 Å². The number of hydrogen-bond donors (Lipinski definition) is 0.